The standard InChI is InChI=1S/C27H28NS/c1-16(2)21-15-22(17(3)18-11-7-8-12-19(18)21)25-27(4,5)26-24(28(25)6)20-13-9-10-14-23(20)29-26/h7-16H,1-6H3/q+1. The van der Waals surface area contributed by atoms with E-state index in [-0.39, 0.29) is 5.41 Å². The molecule has 3 aromatic carbocycles. The Hall–Kier alpha value is -2.45. The van der Waals surface area contributed by atoms with Crippen molar-refractivity contribution in [2.24, 2.45) is 0 Å². The Morgan fingerprint density at radius 3 is 2.21 bits per heavy atom. The molecule has 0 saturated heterocycles. The average Bonchev–Trinajstić information content (AvgIpc) is 3.17. The summed E-state index contributed by atoms with van der Waals surface area (Å²) in [7, 11) is 2.26. The third-order valence-electron chi connectivity index (χ3n) is 6.62. The number of hydrogen-bond donors (Lipinski definition) is 0. The largest absolute Gasteiger partial charge is 0.228 e. The van der Waals surface area contributed by atoms with Gasteiger partial charge < -0.3 is 0 Å². The molecule has 29 heavy (non-hydrogen) atoms. The first-order chi connectivity index (χ1) is 13.8. The zero-order valence-corrected chi connectivity index (χ0v) is 18.9. The number of thiophene rings is 1. The van der Waals surface area contributed by atoms with Crippen LogP contribution in [-0.4, -0.2) is 17.3 Å². The van der Waals surface area contributed by atoms with Crippen molar-refractivity contribution >= 4 is 43.6 Å². The summed E-state index contributed by atoms with van der Waals surface area (Å²) in [5, 5.41) is 4.15. The van der Waals surface area contributed by atoms with Gasteiger partial charge in [-0.05, 0) is 66.8 Å². The Labute approximate surface area is 177 Å². The van der Waals surface area contributed by atoms with Crippen LogP contribution in [0.5, 0.6) is 0 Å². The van der Waals surface area contributed by atoms with E-state index in [4.69, 9.17) is 0 Å². The average molecular weight is 399 g/mol. The normalized spacial score (nSPS) is 15.7. The minimum Gasteiger partial charge on any atom is -0.196 e. The molecule has 2 heteroatoms. The Bertz CT molecular complexity index is 1320. The summed E-state index contributed by atoms with van der Waals surface area (Å²) in [4.78, 5) is 1.48. The maximum absolute atomic E-state index is 2.47. The molecule has 0 radical (unpaired) electrons. The summed E-state index contributed by atoms with van der Waals surface area (Å²) in [6, 6.07) is 20.2. The number of rotatable bonds is 2. The third-order valence-corrected chi connectivity index (χ3v) is 8.11. The Balaban J connectivity index is 1.87. The second kappa shape index (κ2) is 6.27. The Morgan fingerprint density at radius 2 is 1.52 bits per heavy atom. The molecule has 0 atom stereocenters. The maximum atomic E-state index is 2.47. The first kappa shape index (κ1) is 18.6. The highest BCUT2D eigenvalue weighted by molar-refractivity contribution is 7.20. The van der Waals surface area contributed by atoms with Gasteiger partial charge in [0.1, 0.15) is 7.05 Å². The molecule has 0 bridgehead atoms. The summed E-state index contributed by atoms with van der Waals surface area (Å²) < 4.78 is 3.85. The van der Waals surface area contributed by atoms with Gasteiger partial charge in [-0.2, -0.15) is 4.58 Å². The molecule has 146 valence electrons. The number of fused-ring (bicyclic) bond motifs is 4. The molecule has 5 rings (SSSR count). The summed E-state index contributed by atoms with van der Waals surface area (Å²) >= 11 is 1.95. The predicted molar refractivity (Wildman–Crippen MR) is 128 cm³/mol. The number of nitrogens with zero attached hydrogens (tertiary/aromatic N) is 1. The van der Waals surface area contributed by atoms with Crippen LogP contribution in [0, 0.1) is 6.92 Å². The topological polar surface area (TPSA) is 3.01 Å². The van der Waals surface area contributed by atoms with Crippen LogP contribution in [0.4, 0.5) is 5.69 Å². The van der Waals surface area contributed by atoms with Gasteiger partial charge in [0.2, 0.25) is 5.69 Å². The van der Waals surface area contributed by atoms with E-state index in [9.17, 15) is 0 Å². The second-order valence-corrected chi connectivity index (χ2v) is 10.2. The second-order valence-electron chi connectivity index (χ2n) is 9.15. The van der Waals surface area contributed by atoms with Crippen molar-refractivity contribution in [2.75, 3.05) is 7.05 Å². The van der Waals surface area contributed by atoms with E-state index >= 15 is 0 Å². The molecule has 1 aliphatic heterocycles. The summed E-state index contributed by atoms with van der Waals surface area (Å²) in [5.41, 5.74) is 7.03. The van der Waals surface area contributed by atoms with Gasteiger partial charge in [0.15, 0.2) is 5.71 Å². The van der Waals surface area contributed by atoms with Gasteiger partial charge in [-0.3, -0.25) is 0 Å². The van der Waals surface area contributed by atoms with E-state index in [1.54, 1.807) is 0 Å². The lowest BCUT2D eigenvalue weighted by molar-refractivity contribution is -0.400. The van der Waals surface area contributed by atoms with Crippen LogP contribution < -0.4 is 0 Å². The Morgan fingerprint density at radius 1 is 0.897 bits per heavy atom. The van der Waals surface area contributed by atoms with E-state index in [1.807, 2.05) is 11.3 Å². The lowest BCUT2D eigenvalue weighted by Crippen LogP contribution is -2.30. The Kier molecular flexibility index (Phi) is 4.02. The zero-order chi connectivity index (χ0) is 20.5. The molecule has 2 heterocycles. The van der Waals surface area contributed by atoms with E-state index in [0.29, 0.717) is 5.92 Å². The van der Waals surface area contributed by atoms with E-state index in [2.05, 4.69) is 101 Å². The molecule has 0 aliphatic carbocycles. The van der Waals surface area contributed by atoms with Gasteiger partial charge in [0.05, 0.1) is 15.7 Å². The number of benzene rings is 3. The minimum absolute atomic E-state index is 0.0186. The van der Waals surface area contributed by atoms with Crippen molar-refractivity contribution < 1.29 is 4.58 Å². The molecule has 0 spiro atoms. The van der Waals surface area contributed by atoms with Gasteiger partial charge in [-0.15, -0.1) is 11.3 Å². The SMILES string of the molecule is Cc1c(C2=[N+](C)c3c(sc4ccccc34)C2(C)C)cc(C(C)C)c2ccccc12. The fraction of sp³-hybridized carbons (Fsp3) is 0.296. The quantitative estimate of drug-likeness (QED) is 0.307. The maximum Gasteiger partial charge on any atom is 0.228 e. The van der Waals surface area contributed by atoms with Crippen LogP contribution in [0.3, 0.4) is 0 Å². The van der Waals surface area contributed by atoms with Crippen LogP contribution in [0.2, 0.25) is 0 Å². The summed E-state index contributed by atoms with van der Waals surface area (Å²) in [5.74, 6) is 0.490. The van der Waals surface area contributed by atoms with Gasteiger partial charge in [0, 0.05) is 10.3 Å². The van der Waals surface area contributed by atoms with Gasteiger partial charge in [-0.25, -0.2) is 0 Å². The molecule has 0 amide bonds. The third kappa shape index (κ3) is 2.48. The van der Waals surface area contributed by atoms with Crippen molar-refractivity contribution in [1.82, 2.24) is 0 Å². The molecular formula is C27H28NS+. The van der Waals surface area contributed by atoms with Gasteiger partial charge in [-0.1, -0.05) is 50.2 Å². The van der Waals surface area contributed by atoms with E-state index in [0.717, 1.165) is 0 Å². The van der Waals surface area contributed by atoms with Crippen molar-refractivity contribution in [3.8, 4) is 0 Å². The van der Waals surface area contributed by atoms with Gasteiger partial charge >= 0.3 is 0 Å². The first-order valence-electron chi connectivity index (χ1n) is 10.5. The van der Waals surface area contributed by atoms with E-state index < -0.39 is 0 Å². The van der Waals surface area contributed by atoms with Crippen LogP contribution >= 0.6 is 11.3 Å². The number of hydrogen-bond acceptors (Lipinski definition) is 1. The minimum atomic E-state index is -0.0186. The smallest absolute Gasteiger partial charge is 0.196 e. The molecule has 0 N–H and O–H groups in total. The van der Waals surface area contributed by atoms with Crippen molar-refractivity contribution in [1.29, 1.82) is 0 Å². The summed E-state index contributed by atoms with van der Waals surface area (Å²) in [6.45, 7) is 11.7. The lowest BCUT2D eigenvalue weighted by Gasteiger charge is -2.21. The monoisotopic (exact) mass is 398 g/mol. The van der Waals surface area contributed by atoms with E-state index in [1.165, 1.54) is 53.8 Å². The number of aryl methyl sites for hydroxylation is 1. The molecular weight excluding hydrogens is 370 g/mol. The summed E-state index contributed by atoms with van der Waals surface area (Å²) in [6.07, 6.45) is 0. The first-order valence-corrected chi connectivity index (χ1v) is 11.3. The highest BCUT2D eigenvalue weighted by Gasteiger charge is 2.48. The molecule has 0 saturated carbocycles. The molecule has 0 fully saturated rings. The van der Waals surface area contributed by atoms with Crippen molar-refractivity contribution in [2.45, 2.75) is 46.0 Å². The highest BCUT2D eigenvalue weighted by Crippen LogP contribution is 2.50. The highest BCUT2D eigenvalue weighted by atomic mass is 32.1. The predicted octanol–water partition coefficient (Wildman–Crippen LogP) is 7.54. The van der Waals surface area contributed by atoms with Crippen molar-refractivity contribution in [3.63, 3.8) is 0 Å². The van der Waals surface area contributed by atoms with Crippen LogP contribution in [0.1, 0.15) is 55.2 Å². The fourth-order valence-electron chi connectivity index (χ4n) is 5.22. The van der Waals surface area contributed by atoms with Crippen LogP contribution in [0.25, 0.3) is 20.9 Å². The molecule has 0 unspecified atom stereocenters. The lowest BCUT2D eigenvalue weighted by atomic mass is 9.79. The van der Waals surface area contributed by atoms with Crippen LogP contribution in [-0.2, 0) is 5.41 Å². The van der Waals surface area contributed by atoms with Crippen LogP contribution in [0.15, 0.2) is 54.6 Å². The van der Waals surface area contributed by atoms with Gasteiger partial charge in [0.25, 0.3) is 0 Å². The molecule has 1 nitrogen and oxygen atoms in total. The zero-order valence-electron chi connectivity index (χ0n) is 18.1. The molecule has 1 aromatic heterocycles. The molecule has 1 aliphatic rings. The fourth-order valence-corrected chi connectivity index (χ4v) is 6.55. The van der Waals surface area contributed by atoms with Crippen molar-refractivity contribution in [3.05, 3.63) is 76.2 Å². The molecule has 4 aromatic rings.